The molecule has 0 fully saturated rings. The van der Waals surface area contributed by atoms with Crippen LogP contribution in [0.15, 0.2) is 42.5 Å². The molecule has 0 aliphatic heterocycles. The van der Waals surface area contributed by atoms with Crippen molar-refractivity contribution in [1.82, 2.24) is 5.32 Å². The Morgan fingerprint density at radius 2 is 1.62 bits per heavy atom. The summed E-state index contributed by atoms with van der Waals surface area (Å²) in [5, 5.41) is 5.38. The average Bonchev–Trinajstić information content (AvgIpc) is 2.62. The number of nitrogens with one attached hydrogen (secondary N) is 2. The number of benzene rings is 2. The number of carbonyl (C=O) groups excluding carboxylic acids is 2. The summed E-state index contributed by atoms with van der Waals surface area (Å²) in [6.07, 6.45) is 0.306. The van der Waals surface area contributed by atoms with Crippen molar-refractivity contribution in [3.05, 3.63) is 53.6 Å². The van der Waals surface area contributed by atoms with E-state index in [1.54, 1.807) is 49.5 Å². The van der Waals surface area contributed by atoms with Crippen LogP contribution in [0.3, 0.4) is 0 Å². The molecular weight excluding hydrogens is 308 g/mol. The highest BCUT2D eigenvalue weighted by atomic mass is 16.5. The lowest BCUT2D eigenvalue weighted by Gasteiger charge is -2.10. The number of carbonyl (C=O) groups is 2. The molecule has 0 saturated heterocycles. The van der Waals surface area contributed by atoms with Crippen LogP contribution >= 0.6 is 0 Å². The lowest BCUT2D eigenvalue weighted by atomic mass is 10.1. The molecule has 6 nitrogen and oxygen atoms in total. The quantitative estimate of drug-likeness (QED) is 0.853. The fourth-order valence-corrected chi connectivity index (χ4v) is 2.16. The standard InChI is InChI=1S/C18H20N2O4/c1-19-17(21)10-12-4-7-14(8-5-12)20-18(22)13-6-9-15(23-2)16(11-13)24-3/h4-9,11H,10H2,1-3H3,(H,19,21)(H,20,22). The second-order valence-corrected chi connectivity index (χ2v) is 5.07. The van der Waals surface area contributed by atoms with E-state index >= 15 is 0 Å². The van der Waals surface area contributed by atoms with E-state index in [0.29, 0.717) is 29.2 Å². The Morgan fingerprint density at radius 1 is 0.958 bits per heavy atom. The molecule has 24 heavy (non-hydrogen) atoms. The van der Waals surface area contributed by atoms with Gasteiger partial charge in [0.25, 0.3) is 5.91 Å². The van der Waals surface area contributed by atoms with Crippen molar-refractivity contribution >= 4 is 17.5 Å². The molecule has 0 aromatic heterocycles. The van der Waals surface area contributed by atoms with Crippen molar-refractivity contribution in [3.63, 3.8) is 0 Å². The molecule has 0 aliphatic carbocycles. The van der Waals surface area contributed by atoms with Crippen LogP contribution in [0, 0.1) is 0 Å². The van der Waals surface area contributed by atoms with Gasteiger partial charge in [-0.3, -0.25) is 9.59 Å². The van der Waals surface area contributed by atoms with Crippen LogP contribution in [0.2, 0.25) is 0 Å². The van der Waals surface area contributed by atoms with Gasteiger partial charge in [0.05, 0.1) is 20.6 Å². The maximum atomic E-state index is 12.3. The number of hydrogen-bond acceptors (Lipinski definition) is 4. The van der Waals surface area contributed by atoms with E-state index in [-0.39, 0.29) is 11.8 Å². The van der Waals surface area contributed by atoms with E-state index in [2.05, 4.69) is 10.6 Å². The van der Waals surface area contributed by atoms with E-state index in [4.69, 9.17) is 9.47 Å². The second kappa shape index (κ2) is 8.01. The molecule has 0 radical (unpaired) electrons. The number of methoxy groups -OCH3 is 2. The molecule has 0 heterocycles. The van der Waals surface area contributed by atoms with Crippen LogP contribution in [0.4, 0.5) is 5.69 Å². The fourth-order valence-electron chi connectivity index (χ4n) is 2.16. The number of anilines is 1. The topological polar surface area (TPSA) is 76.7 Å². The van der Waals surface area contributed by atoms with Crippen molar-refractivity contribution in [2.24, 2.45) is 0 Å². The molecule has 0 spiro atoms. The number of amides is 2. The predicted octanol–water partition coefficient (Wildman–Crippen LogP) is 2.24. The summed E-state index contributed by atoms with van der Waals surface area (Å²) in [6, 6.07) is 12.1. The summed E-state index contributed by atoms with van der Waals surface area (Å²) >= 11 is 0. The van der Waals surface area contributed by atoms with Crippen LogP contribution < -0.4 is 20.1 Å². The van der Waals surface area contributed by atoms with Crippen molar-refractivity contribution < 1.29 is 19.1 Å². The number of rotatable bonds is 6. The third-order valence-corrected chi connectivity index (χ3v) is 3.50. The highest BCUT2D eigenvalue weighted by molar-refractivity contribution is 6.04. The average molecular weight is 328 g/mol. The zero-order chi connectivity index (χ0) is 17.5. The van der Waals surface area contributed by atoms with Gasteiger partial charge in [-0.1, -0.05) is 12.1 Å². The van der Waals surface area contributed by atoms with E-state index in [9.17, 15) is 9.59 Å². The molecule has 0 bridgehead atoms. The third-order valence-electron chi connectivity index (χ3n) is 3.50. The molecule has 0 unspecified atom stereocenters. The van der Waals surface area contributed by atoms with Gasteiger partial charge in [-0.15, -0.1) is 0 Å². The second-order valence-electron chi connectivity index (χ2n) is 5.07. The maximum absolute atomic E-state index is 12.3. The van der Waals surface area contributed by atoms with Gasteiger partial charge < -0.3 is 20.1 Å². The Bertz CT molecular complexity index is 726. The largest absolute Gasteiger partial charge is 0.493 e. The van der Waals surface area contributed by atoms with Gasteiger partial charge in [0.1, 0.15) is 0 Å². The van der Waals surface area contributed by atoms with E-state index in [1.165, 1.54) is 14.2 Å². The molecule has 2 amide bonds. The van der Waals surface area contributed by atoms with Gasteiger partial charge >= 0.3 is 0 Å². The summed E-state index contributed by atoms with van der Waals surface area (Å²) < 4.78 is 10.4. The first-order valence-electron chi connectivity index (χ1n) is 7.40. The Balaban J connectivity index is 2.08. The third kappa shape index (κ3) is 4.25. The minimum atomic E-state index is -0.255. The minimum absolute atomic E-state index is 0.0582. The summed E-state index contributed by atoms with van der Waals surface area (Å²) in [5.74, 6) is 0.741. The van der Waals surface area contributed by atoms with Crippen LogP contribution in [0.5, 0.6) is 11.5 Å². The molecule has 6 heteroatoms. The first-order chi connectivity index (χ1) is 11.6. The Morgan fingerprint density at radius 3 is 2.21 bits per heavy atom. The van der Waals surface area contributed by atoms with Gasteiger partial charge in [0, 0.05) is 18.3 Å². The predicted molar refractivity (Wildman–Crippen MR) is 91.7 cm³/mol. The minimum Gasteiger partial charge on any atom is -0.493 e. The van der Waals surface area contributed by atoms with Crippen molar-refractivity contribution in [1.29, 1.82) is 0 Å². The molecular formula is C18H20N2O4. The highest BCUT2D eigenvalue weighted by Crippen LogP contribution is 2.27. The molecule has 2 N–H and O–H groups in total. The number of ether oxygens (including phenoxy) is 2. The zero-order valence-electron chi connectivity index (χ0n) is 13.9. The van der Waals surface area contributed by atoms with Crippen molar-refractivity contribution in [2.45, 2.75) is 6.42 Å². The molecule has 126 valence electrons. The summed E-state index contributed by atoms with van der Waals surface area (Å²) in [7, 11) is 4.66. The van der Waals surface area contributed by atoms with E-state index in [1.807, 2.05) is 0 Å². The maximum Gasteiger partial charge on any atom is 0.255 e. The van der Waals surface area contributed by atoms with Crippen LogP contribution in [0.1, 0.15) is 15.9 Å². The summed E-state index contributed by atoms with van der Waals surface area (Å²) in [5.41, 5.74) is 1.98. The Labute approximate surface area is 140 Å². The van der Waals surface area contributed by atoms with Gasteiger partial charge in [-0.05, 0) is 35.9 Å². The molecule has 0 aliphatic rings. The lowest BCUT2D eigenvalue weighted by molar-refractivity contribution is -0.119. The SMILES string of the molecule is CNC(=O)Cc1ccc(NC(=O)c2ccc(OC)c(OC)c2)cc1. The van der Waals surface area contributed by atoms with E-state index < -0.39 is 0 Å². The van der Waals surface area contributed by atoms with Gasteiger partial charge in [0.15, 0.2) is 11.5 Å². The lowest BCUT2D eigenvalue weighted by Crippen LogP contribution is -2.19. The van der Waals surface area contributed by atoms with Crippen molar-refractivity contribution in [3.8, 4) is 11.5 Å². The first-order valence-corrected chi connectivity index (χ1v) is 7.40. The Hall–Kier alpha value is -3.02. The van der Waals surface area contributed by atoms with Crippen LogP contribution in [-0.4, -0.2) is 33.1 Å². The van der Waals surface area contributed by atoms with Gasteiger partial charge in [0.2, 0.25) is 5.91 Å². The number of likely N-dealkylation sites (N-methyl/N-ethyl adjacent to an activating group) is 1. The molecule has 0 atom stereocenters. The summed E-state index contributed by atoms with van der Waals surface area (Å²) in [4.78, 5) is 23.7. The Kier molecular flexibility index (Phi) is 5.78. The molecule has 2 rings (SSSR count). The fraction of sp³-hybridized carbons (Fsp3) is 0.222. The van der Waals surface area contributed by atoms with Crippen molar-refractivity contribution in [2.75, 3.05) is 26.6 Å². The normalized spacial score (nSPS) is 9.96. The highest BCUT2D eigenvalue weighted by Gasteiger charge is 2.11. The van der Waals surface area contributed by atoms with E-state index in [0.717, 1.165) is 5.56 Å². The number of hydrogen-bond donors (Lipinski definition) is 2. The molecule has 2 aromatic rings. The molecule has 0 saturated carbocycles. The first kappa shape index (κ1) is 17.3. The monoisotopic (exact) mass is 328 g/mol. The van der Waals surface area contributed by atoms with Crippen LogP contribution in [-0.2, 0) is 11.2 Å². The smallest absolute Gasteiger partial charge is 0.255 e. The van der Waals surface area contributed by atoms with Gasteiger partial charge in [-0.25, -0.2) is 0 Å². The van der Waals surface area contributed by atoms with Crippen LogP contribution in [0.25, 0.3) is 0 Å². The zero-order valence-corrected chi connectivity index (χ0v) is 13.9. The summed E-state index contributed by atoms with van der Waals surface area (Å²) in [6.45, 7) is 0. The molecule has 2 aromatic carbocycles. The van der Waals surface area contributed by atoms with Gasteiger partial charge in [-0.2, -0.15) is 0 Å².